The van der Waals surface area contributed by atoms with Gasteiger partial charge in [0.1, 0.15) is 5.82 Å². The average Bonchev–Trinajstić information content (AvgIpc) is 2.66. The number of hydrogen-bond acceptors (Lipinski definition) is 5. The van der Waals surface area contributed by atoms with Crippen molar-refractivity contribution in [2.75, 3.05) is 35.0 Å². The second kappa shape index (κ2) is 8.06. The summed E-state index contributed by atoms with van der Waals surface area (Å²) in [6.45, 7) is 0.304. The van der Waals surface area contributed by atoms with Crippen LogP contribution in [0.3, 0.4) is 0 Å². The Kier molecular flexibility index (Phi) is 5.92. The van der Waals surface area contributed by atoms with Crippen LogP contribution in [0.1, 0.15) is 12.0 Å². The molecule has 2 aromatic rings. The third-order valence-electron chi connectivity index (χ3n) is 4.39. The van der Waals surface area contributed by atoms with Crippen molar-refractivity contribution in [1.82, 2.24) is 0 Å². The molecule has 1 aliphatic rings. The molecule has 152 valence electrons. The predicted octanol–water partition coefficient (Wildman–Crippen LogP) is 2.36. The van der Waals surface area contributed by atoms with Gasteiger partial charge in [-0.2, -0.15) is 0 Å². The lowest BCUT2D eigenvalue weighted by Gasteiger charge is -2.31. The number of benzene rings is 2. The molecule has 2 aromatic carbocycles. The molecule has 3 rings (SSSR count). The van der Waals surface area contributed by atoms with Crippen molar-refractivity contribution in [1.29, 1.82) is 0 Å². The fourth-order valence-electron chi connectivity index (χ4n) is 3.01. The summed E-state index contributed by atoms with van der Waals surface area (Å²) in [6, 6.07) is 9.47. The minimum atomic E-state index is -3.90. The van der Waals surface area contributed by atoms with E-state index in [0.717, 1.165) is 17.7 Å². The number of anilines is 2. The first-order chi connectivity index (χ1) is 13.2. The van der Waals surface area contributed by atoms with E-state index in [1.165, 1.54) is 29.6 Å². The zero-order valence-electron chi connectivity index (χ0n) is 15.3. The first kappa shape index (κ1) is 20.6. The van der Waals surface area contributed by atoms with Crippen LogP contribution >= 0.6 is 0 Å². The van der Waals surface area contributed by atoms with E-state index in [4.69, 9.17) is 4.74 Å². The lowest BCUT2D eigenvalue weighted by molar-refractivity contribution is 0.217. The van der Waals surface area contributed by atoms with E-state index < -0.39 is 25.9 Å². The molecule has 28 heavy (non-hydrogen) atoms. The van der Waals surface area contributed by atoms with Gasteiger partial charge < -0.3 is 4.74 Å². The Labute approximate surface area is 164 Å². The number of ether oxygens (including phenoxy) is 1. The summed E-state index contributed by atoms with van der Waals surface area (Å²) < 4.78 is 71.9. The number of hydrogen-bond donors (Lipinski definition) is 1. The van der Waals surface area contributed by atoms with Crippen LogP contribution in [0, 0.1) is 5.82 Å². The molecule has 1 aliphatic heterocycles. The van der Waals surface area contributed by atoms with Crippen LogP contribution in [-0.2, 0) is 31.2 Å². The molecule has 0 unspecified atom stereocenters. The highest BCUT2D eigenvalue weighted by Gasteiger charge is 2.29. The van der Waals surface area contributed by atoms with Gasteiger partial charge in [-0.3, -0.25) is 9.03 Å². The van der Waals surface area contributed by atoms with Gasteiger partial charge in [-0.1, -0.05) is 6.07 Å². The zero-order chi connectivity index (χ0) is 20.4. The van der Waals surface area contributed by atoms with Gasteiger partial charge in [-0.05, 0) is 54.8 Å². The molecule has 0 aromatic heterocycles. The van der Waals surface area contributed by atoms with E-state index in [-0.39, 0.29) is 29.5 Å². The van der Waals surface area contributed by atoms with E-state index in [1.807, 2.05) is 0 Å². The van der Waals surface area contributed by atoms with Crippen LogP contribution < -0.4 is 9.03 Å². The largest absolute Gasteiger partial charge is 0.384 e. The van der Waals surface area contributed by atoms with Gasteiger partial charge in [0.05, 0.1) is 28.6 Å². The van der Waals surface area contributed by atoms with Crippen LogP contribution in [0.4, 0.5) is 15.8 Å². The van der Waals surface area contributed by atoms with Crippen molar-refractivity contribution < 1.29 is 26.0 Å². The number of sulfonamides is 2. The van der Waals surface area contributed by atoms with Crippen LogP contribution in [0.2, 0.25) is 0 Å². The number of aryl methyl sites for hydroxylation is 1. The molecule has 0 bridgehead atoms. The lowest BCUT2D eigenvalue weighted by Crippen LogP contribution is -2.35. The van der Waals surface area contributed by atoms with Crippen molar-refractivity contribution in [2.24, 2.45) is 0 Å². The zero-order valence-corrected chi connectivity index (χ0v) is 16.9. The first-order valence-corrected chi connectivity index (χ1v) is 11.7. The average molecular weight is 429 g/mol. The van der Waals surface area contributed by atoms with Crippen molar-refractivity contribution in [2.45, 2.75) is 17.7 Å². The molecule has 0 aliphatic carbocycles. The molecular formula is C18H21FN2O5S2. The third kappa shape index (κ3) is 4.45. The maximum absolute atomic E-state index is 13.2. The van der Waals surface area contributed by atoms with Gasteiger partial charge in [0.25, 0.3) is 10.0 Å². The molecule has 10 heteroatoms. The second-order valence-electron chi connectivity index (χ2n) is 6.39. The van der Waals surface area contributed by atoms with Crippen LogP contribution in [-0.4, -0.2) is 42.8 Å². The highest BCUT2D eigenvalue weighted by molar-refractivity contribution is 7.93. The summed E-state index contributed by atoms with van der Waals surface area (Å²) >= 11 is 0. The van der Waals surface area contributed by atoms with Gasteiger partial charge in [-0.15, -0.1) is 0 Å². The Balaban J connectivity index is 1.95. The molecule has 1 heterocycles. The lowest BCUT2D eigenvalue weighted by atomic mass is 10.0. The third-order valence-corrected chi connectivity index (χ3v) is 7.47. The summed E-state index contributed by atoms with van der Waals surface area (Å²) in [5, 5.41) is 0. The van der Waals surface area contributed by atoms with Gasteiger partial charge in [0, 0.05) is 13.7 Å². The molecule has 1 N–H and O–H groups in total. The number of methoxy groups -OCH3 is 1. The van der Waals surface area contributed by atoms with E-state index in [2.05, 4.69) is 4.72 Å². The Bertz CT molecular complexity index is 1050. The minimum absolute atomic E-state index is 0.0205. The van der Waals surface area contributed by atoms with E-state index in [9.17, 15) is 21.2 Å². The predicted molar refractivity (Wildman–Crippen MR) is 105 cm³/mol. The highest BCUT2D eigenvalue weighted by atomic mass is 32.2. The highest BCUT2D eigenvalue weighted by Crippen LogP contribution is 2.34. The summed E-state index contributed by atoms with van der Waals surface area (Å²) in [6.07, 6.45) is 1.31. The molecular weight excluding hydrogens is 407 g/mol. The SMILES string of the molecule is COCCS(=O)(=O)Nc1ccc2c(c1)N(S(=O)(=O)c1ccc(F)cc1)CCC2. The van der Waals surface area contributed by atoms with Crippen molar-refractivity contribution in [3.8, 4) is 0 Å². The van der Waals surface area contributed by atoms with Gasteiger partial charge in [0.15, 0.2) is 0 Å². The van der Waals surface area contributed by atoms with E-state index in [0.29, 0.717) is 18.5 Å². The molecule has 0 amide bonds. The van der Waals surface area contributed by atoms with Crippen molar-refractivity contribution in [3.63, 3.8) is 0 Å². The quantitative estimate of drug-likeness (QED) is 0.731. The van der Waals surface area contributed by atoms with Crippen LogP contribution in [0.5, 0.6) is 0 Å². The van der Waals surface area contributed by atoms with Crippen molar-refractivity contribution in [3.05, 3.63) is 53.8 Å². The minimum Gasteiger partial charge on any atom is -0.384 e. The molecule has 0 saturated carbocycles. The number of fused-ring (bicyclic) bond motifs is 1. The Hall–Kier alpha value is -2.17. The molecule has 0 saturated heterocycles. The smallest absolute Gasteiger partial charge is 0.264 e. The standard InChI is InChI=1S/C18H21FN2O5S2/c1-26-11-12-27(22,23)20-16-7-4-14-3-2-10-21(18(14)13-16)28(24,25)17-8-5-15(19)6-9-17/h4-9,13,20H,2-3,10-12H2,1H3. The summed E-state index contributed by atoms with van der Waals surface area (Å²) in [4.78, 5) is -0.0205. The normalized spacial score (nSPS) is 14.6. The molecule has 0 spiro atoms. The Morgan fingerprint density at radius 3 is 2.50 bits per heavy atom. The van der Waals surface area contributed by atoms with Crippen LogP contribution in [0.25, 0.3) is 0 Å². The second-order valence-corrected chi connectivity index (χ2v) is 10.1. The van der Waals surface area contributed by atoms with E-state index >= 15 is 0 Å². The topological polar surface area (TPSA) is 92.8 Å². The number of nitrogens with one attached hydrogen (secondary N) is 1. The molecule has 7 nitrogen and oxygen atoms in total. The maximum Gasteiger partial charge on any atom is 0.264 e. The fraction of sp³-hybridized carbons (Fsp3) is 0.333. The fourth-order valence-corrected chi connectivity index (χ4v) is 5.52. The summed E-state index contributed by atoms with van der Waals surface area (Å²) in [5.74, 6) is -0.733. The van der Waals surface area contributed by atoms with E-state index in [1.54, 1.807) is 12.1 Å². The molecule has 0 atom stereocenters. The molecule has 0 radical (unpaired) electrons. The Morgan fingerprint density at radius 2 is 1.82 bits per heavy atom. The van der Waals surface area contributed by atoms with Gasteiger partial charge in [0.2, 0.25) is 10.0 Å². The maximum atomic E-state index is 13.2. The summed E-state index contributed by atoms with van der Waals surface area (Å²) in [5.41, 5.74) is 1.50. The first-order valence-electron chi connectivity index (χ1n) is 8.63. The van der Waals surface area contributed by atoms with Gasteiger partial charge >= 0.3 is 0 Å². The monoisotopic (exact) mass is 428 g/mol. The summed E-state index contributed by atoms with van der Waals surface area (Å²) in [7, 11) is -6.11. The molecule has 0 fully saturated rings. The van der Waals surface area contributed by atoms with Crippen LogP contribution in [0.15, 0.2) is 47.4 Å². The number of rotatable bonds is 7. The number of nitrogens with zero attached hydrogens (tertiary/aromatic N) is 1. The van der Waals surface area contributed by atoms with Gasteiger partial charge in [-0.25, -0.2) is 21.2 Å². The Morgan fingerprint density at radius 1 is 1.11 bits per heavy atom. The van der Waals surface area contributed by atoms with Crippen molar-refractivity contribution >= 4 is 31.4 Å². The number of halogens is 1.